The molecule has 166 valence electrons. The second-order valence-corrected chi connectivity index (χ2v) is 6.59. The van der Waals surface area contributed by atoms with Crippen LogP contribution in [0.4, 0.5) is 0 Å². The van der Waals surface area contributed by atoms with Crippen molar-refractivity contribution in [2.45, 2.75) is 30.7 Å². The maximum atomic E-state index is 12.2. The van der Waals surface area contributed by atoms with Crippen LogP contribution in [-0.2, 0) is 14.3 Å². The number of carbonyl (C=O) groups is 1. The van der Waals surface area contributed by atoms with E-state index in [4.69, 9.17) is 18.6 Å². The first kappa shape index (κ1) is 22.3. The molecule has 1 aromatic carbocycles. The third-order valence-corrected chi connectivity index (χ3v) is 4.44. The van der Waals surface area contributed by atoms with Gasteiger partial charge in [-0.05, 0) is 23.8 Å². The number of carbonyl (C=O) groups excluding carboxylic acids is 1. The van der Waals surface area contributed by atoms with Crippen LogP contribution in [0.5, 0.6) is 17.2 Å². The number of phenolic OH excluding ortho intramolecular Hbond substituents is 2. The molecule has 0 spiro atoms. The zero-order valence-electron chi connectivity index (χ0n) is 15.9. The predicted octanol–water partition coefficient (Wildman–Crippen LogP) is -0.506. The summed E-state index contributed by atoms with van der Waals surface area (Å²) < 4.78 is 20.5. The van der Waals surface area contributed by atoms with Gasteiger partial charge in [0.1, 0.15) is 18.5 Å². The minimum Gasteiger partial charge on any atom is -0.504 e. The Hall–Kier alpha value is -3.38. The van der Waals surface area contributed by atoms with Crippen LogP contribution in [0.3, 0.4) is 0 Å². The number of hydrogen-bond acceptors (Lipinski definition) is 11. The van der Waals surface area contributed by atoms with Crippen LogP contribution in [0.15, 0.2) is 52.1 Å². The number of aliphatic hydroxyl groups is 3. The lowest BCUT2D eigenvalue weighted by atomic mass is 9.99. The first-order chi connectivity index (χ1) is 14.8. The van der Waals surface area contributed by atoms with Crippen LogP contribution in [0.1, 0.15) is 5.56 Å². The smallest absolute Gasteiger partial charge is 0.331 e. The first-order valence-corrected chi connectivity index (χ1v) is 9.06. The Morgan fingerprint density at radius 2 is 1.90 bits per heavy atom. The van der Waals surface area contributed by atoms with E-state index in [2.05, 4.69) is 0 Å². The number of benzene rings is 1. The summed E-state index contributed by atoms with van der Waals surface area (Å²) in [6.45, 7) is -0.687. The van der Waals surface area contributed by atoms with Crippen LogP contribution < -0.4 is 10.2 Å². The van der Waals surface area contributed by atoms with E-state index in [0.29, 0.717) is 5.56 Å². The fraction of sp³-hybridized carbons (Fsp3) is 0.300. The van der Waals surface area contributed by atoms with Crippen molar-refractivity contribution in [2.24, 2.45) is 0 Å². The molecule has 5 atom stereocenters. The van der Waals surface area contributed by atoms with Gasteiger partial charge in [0, 0.05) is 12.1 Å². The SMILES string of the molecule is O=C(/C=C/c1ccc(O)c(O)c1)O[C@@H]1[C@@H](O)[C@H](Oc2coccc2=O)O[C@H](CO)[C@H]1O. The minimum absolute atomic E-state index is 0.295. The molecule has 1 fully saturated rings. The van der Waals surface area contributed by atoms with E-state index in [9.17, 15) is 35.1 Å². The molecular formula is C20H20O11. The average Bonchev–Trinajstić information content (AvgIpc) is 2.75. The summed E-state index contributed by atoms with van der Waals surface area (Å²) in [7, 11) is 0. The molecule has 11 nitrogen and oxygen atoms in total. The van der Waals surface area contributed by atoms with E-state index in [-0.39, 0.29) is 17.2 Å². The molecule has 2 heterocycles. The number of aliphatic hydroxyl groups excluding tert-OH is 3. The normalized spacial score (nSPS) is 26.0. The maximum Gasteiger partial charge on any atom is 0.331 e. The molecular weight excluding hydrogens is 416 g/mol. The lowest BCUT2D eigenvalue weighted by molar-refractivity contribution is -0.280. The zero-order valence-corrected chi connectivity index (χ0v) is 15.9. The molecule has 0 aliphatic carbocycles. The minimum atomic E-state index is -1.72. The molecule has 1 aromatic heterocycles. The van der Waals surface area contributed by atoms with E-state index >= 15 is 0 Å². The largest absolute Gasteiger partial charge is 0.504 e. The molecule has 3 rings (SSSR count). The number of phenols is 2. The van der Waals surface area contributed by atoms with E-state index in [1.54, 1.807) is 0 Å². The van der Waals surface area contributed by atoms with Crippen LogP contribution in [0, 0.1) is 0 Å². The van der Waals surface area contributed by atoms with Crippen molar-refractivity contribution in [1.29, 1.82) is 0 Å². The standard InChI is InChI=1S/C20H20O11/c21-8-14-17(26)19(18(27)20(29-14)30-15-9-28-6-5-12(15)23)31-16(25)4-2-10-1-3-11(22)13(24)7-10/h1-7,9,14,17-22,24,26-27H,8H2/b4-2+/t14-,17-,18-,19+,20+/m1/s1. The summed E-state index contributed by atoms with van der Waals surface area (Å²) in [4.78, 5) is 24.0. The van der Waals surface area contributed by atoms with Gasteiger partial charge in [-0.15, -0.1) is 0 Å². The number of rotatable bonds is 6. The highest BCUT2D eigenvalue weighted by Crippen LogP contribution is 2.27. The molecule has 0 radical (unpaired) electrons. The highest BCUT2D eigenvalue weighted by Gasteiger charge is 2.48. The van der Waals surface area contributed by atoms with Crippen molar-refractivity contribution in [3.63, 3.8) is 0 Å². The zero-order chi connectivity index (χ0) is 22.5. The molecule has 31 heavy (non-hydrogen) atoms. The van der Waals surface area contributed by atoms with Crippen molar-refractivity contribution < 1.29 is 49.0 Å². The molecule has 0 saturated carbocycles. The highest BCUT2D eigenvalue weighted by atomic mass is 16.7. The van der Waals surface area contributed by atoms with Crippen LogP contribution in [0.2, 0.25) is 0 Å². The highest BCUT2D eigenvalue weighted by molar-refractivity contribution is 5.87. The van der Waals surface area contributed by atoms with Gasteiger partial charge >= 0.3 is 5.97 Å². The summed E-state index contributed by atoms with van der Waals surface area (Å²) >= 11 is 0. The molecule has 0 amide bonds. The van der Waals surface area contributed by atoms with Gasteiger partial charge in [0.2, 0.25) is 17.5 Å². The van der Waals surface area contributed by atoms with Gasteiger partial charge in [-0.1, -0.05) is 6.07 Å². The van der Waals surface area contributed by atoms with Gasteiger partial charge in [-0.25, -0.2) is 4.79 Å². The molecule has 0 unspecified atom stereocenters. The summed E-state index contributed by atoms with van der Waals surface area (Å²) in [5.41, 5.74) is -0.201. The monoisotopic (exact) mass is 436 g/mol. The Kier molecular flexibility index (Phi) is 6.92. The lowest BCUT2D eigenvalue weighted by Gasteiger charge is -2.40. The molecule has 11 heteroatoms. The third kappa shape index (κ3) is 5.22. The van der Waals surface area contributed by atoms with Gasteiger partial charge in [0.15, 0.2) is 23.7 Å². The van der Waals surface area contributed by atoms with Crippen molar-refractivity contribution >= 4 is 12.0 Å². The van der Waals surface area contributed by atoms with Crippen LogP contribution >= 0.6 is 0 Å². The van der Waals surface area contributed by atoms with Crippen molar-refractivity contribution in [3.05, 3.63) is 58.7 Å². The maximum absolute atomic E-state index is 12.2. The molecule has 1 aliphatic heterocycles. The van der Waals surface area contributed by atoms with Gasteiger partial charge < -0.3 is 44.2 Å². The molecule has 1 saturated heterocycles. The Morgan fingerprint density at radius 1 is 1.13 bits per heavy atom. The second kappa shape index (κ2) is 9.62. The Morgan fingerprint density at radius 3 is 2.58 bits per heavy atom. The topological polar surface area (TPSA) is 176 Å². The van der Waals surface area contributed by atoms with Crippen LogP contribution in [-0.4, -0.2) is 68.8 Å². The first-order valence-electron chi connectivity index (χ1n) is 9.06. The molecule has 1 aliphatic rings. The van der Waals surface area contributed by atoms with Gasteiger partial charge in [0.25, 0.3) is 0 Å². The fourth-order valence-electron chi connectivity index (χ4n) is 2.82. The summed E-state index contributed by atoms with van der Waals surface area (Å²) in [5.74, 6) is -1.98. The molecule has 5 N–H and O–H groups in total. The number of esters is 1. The Labute approximate surface area is 175 Å². The van der Waals surface area contributed by atoms with Gasteiger partial charge in [-0.3, -0.25) is 4.79 Å². The second-order valence-electron chi connectivity index (χ2n) is 6.59. The summed E-state index contributed by atoms with van der Waals surface area (Å²) in [6.07, 6.45) is -3.36. The Bertz CT molecular complexity index is 999. The van der Waals surface area contributed by atoms with E-state index < -0.39 is 48.7 Å². The Balaban J connectivity index is 1.73. The van der Waals surface area contributed by atoms with Crippen molar-refractivity contribution in [1.82, 2.24) is 0 Å². The molecule has 2 aromatic rings. The third-order valence-electron chi connectivity index (χ3n) is 4.44. The number of hydrogen-bond donors (Lipinski definition) is 5. The van der Waals surface area contributed by atoms with Crippen molar-refractivity contribution in [2.75, 3.05) is 6.61 Å². The number of ether oxygens (including phenoxy) is 3. The van der Waals surface area contributed by atoms with Crippen molar-refractivity contribution in [3.8, 4) is 17.2 Å². The summed E-state index contributed by atoms with van der Waals surface area (Å²) in [5, 5.41) is 49.0. The lowest BCUT2D eigenvalue weighted by Crippen LogP contribution is -2.61. The van der Waals surface area contributed by atoms with Crippen LogP contribution in [0.25, 0.3) is 6.08 Å². The van der Waals surface area contributed by atoms with Gasteiger partial charge in [-0.2, -0.15) is 0 Å². The summed E-state index contributed by atoms with van der Waals surface area (Å²) in [6, 6.07) is 4.93. The predicted molar refractivity (Wildman–Crippen MR) is 102 cm³/mol. The average molecular weight is 436 g/mol. The van der Waals surface area contributed by atoms with E-state index in [0.717, 1.165) is 24.7 Å². The van der Waals surface area contributed by atoms with Gasteiger partial charge in [0.05, 0.1) is 12.9 Å². The number of aromatic hydroxyl groups is 2. The van der Waals surface area contributed by atoms with E-state index in [1.807, 2.05) is 0 Å². The van der Waals surface area contributed by atoms with E-state index in [1.165, 1.54) is 24.3 Å². The quantitative estimate of drug-likeness (QED) is 0.224. The fourth-order valence-corrected chi connectivity index (χ4v) is 2.82. The molecule has 0 bridgehead atoms.